The van der Waals surface area contributed by atoms with Gasteiger partial charge in [-0.05, 0) is 35.9 Å². The number of halogens is 3. The summed E-state index contributed by atoms with van der Waals surface area (Å²) < 4.78 is 44.4. The van der Waals surface area contributed by atoms with Gasteiger partial charge < -0.3 is 15.4 Å². The van der Waals surface area contributed by atoms with E-state index in [-0.39, 0.29) is 0 Å². The molecule has 26 heavy (non-hydrogen) atoms. The Morgan fingerprint density at radius 1 is 1.12 bits per heavy atom. The molecule has 0 unspecified atom stereocenters. The number of rotatable bonds is 6. The summed E-state index contributed by atoms with van der Waals surface area (Å²) in [6, 6.07) is 8.53. The molecule has 2 aromatic carbocycles. The first-order chi connectivity index (χ1) is 12.4. The van der Waals surface area contributed by atoms with E-state index in [9.17, 15) is 22.8 Å². The summed E-state index contributed by atoms with van der Waals surface area (Å²) in [5.74, 6) is -5.29. The Labute approximate surface area is 147 Å². The van der Waals surface area contributed by atoms with Crippen molar-refractivity contribution >= 4 is 23.6 Å². The van der Waals surface area contributed by atoms with Crippen LogP contribution in [0.2, 0.25) is 0 Å². The van der Waals surface area contributed by atoms with Gasteiger partial charge in [0.2, 0.25) is 11.8 Å². The van der Waals surface area contributed by atoms with E-state index in [1.165, 1.54) is 19.3 Å². The minimum Gasteiger partial charge on any atom is -0.497 e. The summed E-state index contributed by atoms with van der Waals surface area (Å²) in [7, 11) is 1.52. The Balaban J connectivity index is 1.88. The van der Waals surface area contributed by atoms with E-state index in [0.717, 1.165) is 6.07 Å². The molecule has 0 radical (unpaired) electrons. The van der Waals surface area contributed by atoms with Gasteiger partial charge in [0.15, 0.2) is 17.5 Å². The van der Waals surface area contributed by atoms with Crippen molar-refractivity contribution in [3.8, 4) is 5.75 Å². The maximum absolute atomic E-state index is 13.5. The fraction of sp³-hybridized carbons (Fsp3) is 0.111. The van der Waals surface area contributed by atoms with Gasteiger partial charge in [-0.25, -0.2) is 13.2 Å². The third kappa shape index (κ3) is 5.10. The second-order valence-electron chi connectivity index (χ2n) is 5.10. The van der Waals surface area contributed by atoms with Crippen molar-refractivity contribution in [1.29, 1.82) is 0 Å². The second kappa shape index (κ2) is 8.70. The molecule has 0 aliphatic heterocycles. The SMILES string of the molecule is COc1cccc(/C=C/C(=O)NCC(=O)Nc2ccc(F)c(F)c2F)c1. The third-order valence-electron chi connectivity index (χ3n) is 3.25. The Kier molecular flexibility index (Phi) is 6.37. The lowest BCUT2D eigenvalue weighted by Gasteiger charge is -2.07. The Bertz CT molecular complexity index is 854. The van der Waals surface area contributed by atoms with Gasteiger partial charge in [-0.2, -0.15) is 0 Å². The molecule has 0 aromatic heterocycles. The van der Waals surface area contributed by atoms with E-state index < -0.39 is 41.5 Å². The van der Waals surface area contributed by atoms with Crippen LogP contribution in [0.1, 0.15) is 5.56 Å². The predicted molar refractivity (Wildman–Crippen MR) is 90.0 cm³/mol. The third-order valence-corrected chi connectivity index (χ3v) is 3.25. The van der Waals surface area contributed by atoms with Gasteiger partial charge in [0.1, 0.15) is 5.75 Å². The maximum Gasteiger partial charge on any atom is 0.244 e. The molecule has 0 bridgehead atoms. The van der Waals surface area contributed by atoms with Crippen LogP contribution in [-0.2, 0) is 9.59 Å². The molecule has 8 heteroatoms. The van der Waals surface area contributed by atoms with Crippen molar-refractivity contribution in [3.63, 3.8) is 0 Å². The summed E-state index contributed by atoms with van der Waals surface area (Å²) in [6.07, 6.45) is 2.73. The number of amides is 2. The van der Waals surface area contributed by atoms with Crippen LogP contribution in [0.5, 0.6) is 5.75 Å². The highest BCUT2D eigenvalue weighted by Crippen LogP contribution is 2.19. The van der Waals surface area contributed by atoms with Crippen LogP contribution >= 0.6 is 0 Å². The van der Waals surface area contributed by atoms with Gasteiger partial charge in [-0.1, -0.05) is 12.1 Å². The Morgan fingerprint density at radius 2 is 1.88 bits per heavy atom. The van der Waals surface area contributed by atoms with E-state index in [2.05, 4.69) is 5.32 Å². The van der Waals surface area contributed by atoms with Gasteiger partial charge in [0.05, 0.1) is 19.3 Å². The smallest absolute Gasteiger partial charge is 0.244 e. The van der Waals surface area contributed by atoms with Crippen LogP contribution < -0.4 is 15.4 Å². The first kappa shape index (κ1) is 19.0. The topological polar surface area (TPSA) is 67.4 Å². The molecule has 0 saturated carbocycles. The molecule has 0 fully saturated rings. The summed E-state index contributed by atoms with van der Waals surface area (Å²) in [4.78, 5) is 23.4. The standard InChI is InChI=1S/C18H15F3N2O3/c1-26-12-4-2-3-11(9-12)5-8-15(24)22-10-16(25)23-14-7-6-13(19)17(20)18(14)21/h2-9H,10H2,1H3,(H,22,24)(H,23,25)/b8-5+. The first-order valence-corrected chi connectivity index (χ1v) is 7.44. The van der Waals surface area contributed by atoms with Gasteiger partial charge in [-0.15, -0.1) is 0 Å². The van der Waals surface area contributed by atoms with E-state index in [0.29, 0.717) is 17.4 Å². The Morgan fingerprint density at radius 3 is 2.62 bits per heavy atom. The number of benzene rings is 2. The van der Waals surface area contributed by atoms with Crippen LogP contribution in [0, 0.1) is 17.5 Å². The molecule has 0 aliphatic rings. The molecule has 136 valence electrons. The lowest BCUT2D eigenvalue weighted by atomic mass is 10.2. The summed E-state index contributed by atoms with van der Waals surface area (Å²) in [6.45, 7) is -0.473. The fourth-order valence-electron chi connectivity index (χ4n) is 1.96. The first-order valence-electron chi connectivity index (χ1n) is 7.44. The highest BCUT2D eigenvalue weighted by atomic mass is 19.2. The molecule has 2 amide bonds. The number of ether oxygens (including phenoxy) is 1. The quantitative estimate of drug-likeness (QED) is 0.612. The van der Waals surface area contributed by atoms with Crippen LogP contribution in [-0.4, -0.2) is 25.5 Å². The highest BCUT2D eigenvalue weighted by Gasteiger charge is 2.15. The van der Waals surface area contributed by atoms with Gasteiger partial charge in [-0.3, -0.25) is 9.59 Å². The van der Waals surface area contributed by atoms with Crippen molar-refractivity contribution in [1.82, 2.24) is 5.32 Å². The number of methoxy groups -OCH3 is 1. The molecule has 2 N–H and O–H groups in total. The van der Waals surface area contributed by atoms with Crippen molar-refractivity contribution in [2.45, 2.75) is 0 Å². The largest absolute Gasteiger partial charge is 0.497 e. The zero-order valence-corrected chi connectivity index (χ0v) is 13.7. The van der Waals surface area contributed by atoms with Crippen LogP contribution in [0.4, 0.5) is 18.9 Å². The van der Waals surface area contributed by atoms with E-state index in [4.69, 9.17) is 4.74 Å². The molecular weight excluding hydrogens is 349 g/mol. The average Bonchev–Trinajstić information content (AvgIpc) is 2.65. The van der Waals surface area contributed by atoms with E-state index >= 15 is 0 Å². The number of carbonyl (C=O) groups is 2. The monoisotopic (exact) mass is 364 g/mol. The van der Waals surface area contributed by atoms with Crippen LogP contribution in [0.3, 0.4) is 0 Å². The average molecular weight is 364 g/mol. The van der Waals surface area contributed by atoms with E-state index in [1.54, 1.807) is 24.3 Å². The number of anilines is 1. The minimum atomic E-state index is -1.69. The molecular formula is C18H15F3N2O3. The van der Waals surface area contributed by atoms with Crippen molar-refractivity contribution in [2.75, 3.05) is 19.0 Å². The summed E-state index contributed by atoms with van der Waals surface area (Å²) >= 11 is 0. The zero-order chi connectivity index (χ0) is 19.1. The lowest BCUT2D eigenvalue weighted by Crippen LogP contribution is -2.32. The molecule has 5 nitrogen and oxygen atoms in total. The highest BCUT2D eigenvalue weighted by molar-refractivity contribution is 5.98. The molecule has 0 atom stereocenters. The van der Waals surface area contributed by atoms with Crippen molar-refractivity contribution < 1.29 is 27.5 Å². The fourth-order valence-corrected chi connectivity index (χ4v) is 1.96. The van der Waals surface area contributed by atoms with Gasteiger partial charge in [0.25, 0.3) is 0 Å². The minimum absolute atomic E-state index is 0.473. The maximum atomic E-state index is 13.5. The van der Waals surface area contributed by atoms with Crippen molar-refractivity contribution in [3.05, 3.63) is 65.5 Å². The summed E-state index contributed by atoms with van der Waals surface area (Å²) in [5, 5.41) is 4.33. The molecule has 2 rings (SSSR count). The zero-order valence-electron chi connectivity index (χ0n) is 13.7. The Hall–Kier alpha value is -3.29. The predicted octanol–water partition coefficient (Wildman–Crippen LogP) is 2.88. The number of hydrogen-bond acceptors (Lipinski definition) is 3. The number of carbonyl (C=O) groups excluding carboxylic acids is 2. The van der Waals surface area contributed by atoms with Crippen LogP contribution in [0.25, 0.3) is 6.08 Å². The van der Waals surface area contributed by atoms with Gasteiger partial charge >= 0.3 is 0 Å². The molecule has 0 aliphatic carbocycles. The van der Waals surface area contributed by atoms with Gasteiger partial charge in [0, 0.05) is 6.08 Å². The molecule has 0 spiro atoms. The van der Waals surface area contributed by atoms with E-state index in [1.807, 2.05) is 5.32 Å². The molecule has 0 saturated heterocycles. The normalized spacial score (nSPS) is 10.6. The lowest BCUT2D eigenvalue weighted by molar-refractivity contribution is -0.121. The molecule has 0 heterocycles. The number of nitrogens with one attached hydrogen (secondary N) is 2. The second-order valence-corrected chi connectivity index (χ2v) is 5.10. The van der Waals surface area contributed by atoms with Crippen molar-refractivity contribution in [2.24, 2.45) is 0 Å². The van der Waals surface area contributed by atoms with Crippen LogP contribution in [0.15, 0.2) is 42.5 Å². The summed E-state index contributed by atoms with van der Waals surface area (Å²) in [5.41, 5.74) is 0.197. The molecule has 2 aromatic rings. The number of hydrogen-bond donors (Lipinski definition) is 2.